The molecule has 14 heteroatoms. The largest absolute Gasteiger partial charge is 0.472 e. The van der Waals surface area contributed by atoms with Crippen molar-refractivity contribution in [2.45, 2.75) is 39.7 Å². The number of phosphoric ester groups is 1. The van der Waals surface area contributed by atoms with Gasteiger partial charge in [0.1, 0.15) is 5.78 Å². The topological polar surface area (TPSA) is 174 Å². The second-order valence-corrected chi connectivity index (χ2v) is 10.2. The van der Waals surface area contributed by atoms with Crippen molar-refractivity contribution in [3.63, 3.8) is 0 Å². The fourth-order valence-electron chi connectivity index (χ4n) is 2.60. The van der Waals surface area contributed by atoms with Crippen LogP contribution in [0.15, 0.2) is 0 Å². The Morgan fingerprint density at radius 1 is 1.22 bits per heavy atom. The number of carbonyl (C=O) groups is 5. The van der Waals surface area contributed by atoms with E-state index in [0.717, 1.165) is 18.9 Å². The van der Waals surface area contributed by atoms with Gasteiger partial charge >= 0.3 is 13.8 Å². The molecule has 0 aromatic rings. The molecule has 0 aromatic heterocycles. The second-order valence-electron chi connectivity index (χ2n) is 7.72. The molecule has 12 nitrogen and oxygen atoms in total. The van der Waals surface area contributed by atoms with Crippen molar-refractivity contribution in [1.29, 1.82) is 0 Å². The van der Waals surface area contributed by atoms with Gasteiger partial charge in [-0.1, -0.05) is 25.6 Å². The van der Waals surface area contributed by atoms with Crippen LogP contribution in [0.3, 0.4) is 0 Å². The Morgan fingerprint density at radius 2 is 1.88 bits per heavy atom. The molecule has 0 radical (unpaired) electrons. The molecule has 1 heterocycles. The zero-order valence-electron chi connectivity index (χ0n) is 18.4. The third kappa shape index (κ3) is 9.37. The van der Waals surface area contributed by atoms with E-state index in [1.165, 1.54) is 6.92 Å². The monoisotopic (exact) mass is 496 g/mol. The molecule has 1 saturated heterocycles. The number of phosphoric acid groups is 1. The van der Waals surface area contributed by atoms with Gasteiger partial charge in [-0.25, -0.2) is 4.57 Å². The molecule has 182 valence electrons. The highest BCUT2D eigenvalue weighted by Gasteiger charge is 2.47. The minimum atomic E-state index is -4.29. The average Bonchev–Trinajstić information content (AvgIpc) is 2.70. The predicted molar refractivity (Wildman–Crippen MR) is 113 cm³/mol. The molecule has 0 spiro atoms. The Hall–Kier alpha value is -1.79. The van der Waals surface area contributed by atoms with Crippen molar-refractivity contribution in [2.75, 3.05) is 32.6 Å². The van der Waals surface area contributed by atoms with Gasteiger partial charge < -0.3 is 20.3 Å². The molecule has 1 fully saturated rings. The number of hydrogen-bond acceptors (Lipinski definition) is 10. The molecule has 0 aromatic carbocycles. The van der Waals surface area contributed by atoms with Crippen LogP contribution in [0.5, 0.6) is 0 Å². The quantitative estimate of drug-likeness (QED) is 0.154. The molecule has 32 heavy (non-hydrogen) atoms. The summed E-state index contributed by atoms with van der Waals surface area (Å²) in [4.78, 5) is 68.5. The zero-order chi connectivity index (χ0) is 24.5. The molecular formula is C18H29N2O10PS. The minimum absolute atomic E-state index is 0.0329. The summed E-state index contributed by atoms with van der Waals surface area (Å²) in [6.07, 6.45) is -1.61. The number of ether oxygens (including phenoxy) is 1. The molecule has 2 amide bonds. The van der Waals surface area contributed by atoms with Crippen molar-refractivity contribution in [3.05, 3.63) is 0 Å². The Kier molecular flexibility index (Phi) is 11.0. The van der Waals surface area contributed by atoms with Crippen LogP contribution in [0.1, 0.15) is 33.6 Å². The van der Waals surface area contributed by atoms with Gasteiger partial charge in [-0.05, 0) is 6.92 Å². The summed E-state index contributed by atoms with van der Waals surface area (Å²) in [5.41, 5.74) is -0.835. The van der Waals surface area contributed by atoms with Crippen LogP contribution in [0.4, 0.5) is 0 Å². The van der Waals surface area contributed by atoms with Crippen LogP contribution in [-0.4, -0.2) is 72.2 Å². The fraction of sp³-hybridized carbons (Fsp3) is 0.722. The molecule has 3 atom stereocenters. The Morgan fingerprint density at radius 3 is 2.47 bits per heavy atom. The van der Waals surface area contributed by atoms with Crippen LogP contribution >= 0.6 is 19.6 Å². The number of Topliss-reactive ketones (excluding diaryl/α,β-unsaturated/α-hetero) is 1. The molecule has 1 aliphatic heterocycles. The van der Waals surface area contributed by atoms with Gasteiger partial charge in [-0.3, -0.25) is 33.0 Å². The van der Waals surface area contributed by atoms with Crippen LogP contribution in [0.25, 0.3) is 0 Å². The normalized spacial score (nSPS) is 23.0. The number of rotatable bonds is 11. The van der Waals surface area contributed by atoms with Gasteiger partial charge in [0, 0.05) is 30.7 Å². The summed E-state index contributed by atoms with van der Waals surface area (Å²) in [5.74, 6) is -3.03. The summed E-state index contributed by atoms with van der Waals surface area (Å²) < 4.78 is 25.6. The molecule has 1 rings (SSSR count). The summed E-state index contributed by atoms with van der Waals surface area (Å²) in [6.45, 7) is 4.46. The second kappa shape index (κ2) is 12.4. The highest BCUT2D eigenvalue weighted by molar-refractivity contribution is 8.13. The highest BCUT2D eigenvalue weighted by atomic mass is 32.2. The fourth-order valence-corrected chi connectivity index (χ4v) is 4.66. The number of esters is 1. The maximum absolute atomic E-state index is 12.3. The molecule has 0 saturated carbocycles. The van der Waals surface area contributed by atoms with E-state index < -0.39 is 53.9 Å². The minimum Gasteiger partial charge on any atom is -0.469 e. The highest BCUT2D eigenvalue weighted by Crippen LogP contribution is 2.52. The molecule has 0 aliphatic carbocycles. The van der Waals surface area contributed by atoms with Gasteiger partial charge in [-0.2, -0.15) is 0 Å². The van der Waals surface area contributed by atoms with E-state index in [1.807, 2.05) is 0 Å². The molecular weight excluding hydrogens is 467 g/mol. The van der Waals surface area contributed by atoms with Crippen LogP contribution in [0, 0.1) is 11.3 Å². The van der Waals surface area contributed by atoms with E-state index in [1.54, 1.807) is 13.8 Å². The first kappa shape index (κ1) is 28.2. The third-order valence-corrected chi connectivity index (χ3v) is 6.39. The van der Waals surface area contributed by atoms with E-state index in [4.69, 9.17) is 9.05 Å². The predicted octanol–water partition coefficient (Wildman–Crippen LogP) is 0.179. The summed E-state index contributed by atoms with van der Waals surface area (Å²) >= 11 is 0.824. The lowest BCUT2D eigenvalue weighted by molar-refractivity contribution is -0.145. The van der Waals surface area contributed by atoms with Gasteiger partial charge in [0.25, 0.3) is 0 Å². The van der Waals surface area contributed by atoms with Crippen LogP contribution < -0.4 is 10.6 Å². The lowest BCUT2D eigenvalue weighted by Crippen LogP contribution is -2.49. The van der Waals surface area contributed by atoms with Gasteiger partial charge in [-0.15, -0.1) is 0 Å². The Balaban J connectivity index is 2.33. The summed E-state index contributed by atoms with van der Waals surface area (Å²) in [6, 6.07) is 0. The first-order chi connectivity index (χ1) is 14.8. The smallest absolute Gasteiger partial charge is 0.469 e. The van der Waals surface area contributed by atoms with Crippen molar-refractivity contribution >= 4 is 48.3 Å². The Bertz CT molecular complexity index is 788. The number of amides is 2. The van der Waals surface area contributed by atoms with Crippen LogP contribution in [0.2, 0.25) is 0 Å². The van der Waals surface area contributed by atoms with Crippen molar-refractivity contribution < 1.29 is 47.2 Å². The number of thioether (sulfide) groups is 1. The lowest BCUT2D eigenvalue weighted by atomic mass is 9.87. The number of methoxy groups -OCH3 is 1. The molecule has 2 unspecified atom stereocenters. The van der Waals surface area contributed by atoms with Gasteiger partial charge in [0.05, 0.1) is 26.1 Å². The maximum Gasteiger partial charge on any atom is 0.472 e. The van der Waals surface area contributed by atoms with Crippen molar-refractivity contribution in [3.8, 4) is 0 Å². The molecule has 1 aliphatic rings. The lowest BCUT2D eigenvalue weighted by Gasteiger charge is -2.38. The van der Waals surface area contributed by atoms with E-state index in [9.17, 15) is 33.4 Å². The van der Waals surface area contributed by atoms with E-state index in [0.29, 0.717) is 0 Å². The van der Waals surface area contributed by atoms with Crippen molar-refractivity contribution in [1.82, 2.24) is 10.6 Å². The number of hydrogen-bond donors (Lipinski definition) is 3. The van der Waals surface area contributed by atoms with E-state index >= 15 is 0 Å². The molecule has 3 N–H and O–H groups in total. The SMILES string of the molecule is COC(=O)CC(C(C)=O)C(=O)SCCNC(=O)CCNC(=O)[C@@H]1OP(=O)(O)OCC1(C)C. The van der Waals surface area contributed by atoms with E-state index in [2.05, 4.69) is 15.4 Å². The Labute approximate surface area is 190 Å². The zero-order valence-corrected chi connectivity index (χ0v) is 20.1. The standard InChI is InChI=1S/C18H29N2O10PS/c1-11(21)12(9-14(23)28-4)17(25)32-8-7-19-13(22)5-6-20-16(24)15-18(2,3)10-29-31(26,27)30-15/h12,15H,5-10H2,1-4H3,(H,19,22)(H,20,24)(H,26,27)/t12?,15-/m0/s1. The van der Waals surface area contributed by atoms with E-state index in [-0.39, 0.29) is 38.3 Å². The maximum atomic E-state index is 12.3. The third-order valence-electron chi connectivity index (χ3n) is 4.48. The molecule has 0 bridgehead atoms. The van der Waals surface area contributed by atoms with Gasteiger partial charge in [0.2, 0.25) is 11.8 Å². The van der Waals surface area contributed by atoms with Crippen molar-refractivity contribution in [2.24, 2.45) is 11.3 Å². The number of ketones is 1. The van der Waals surface area contributed by atoms with Gasteiger partial charge in [0.15, 0.2) is 11.2 Å². The number of nitrogens with one attached hydrogen (secondary N) is 2. The average molecular weight is 496 g/mol. The first-order valence-corrected chi connectivity index (χ1v) is 12.2. The summed E-state index contributed by atoms with van der Waals surface area (Å²) in [5, 5.41) is 4.57. The number of carbonyl (C=O) groups excluding carboxylic acids is 5. The summed E-state index contributed by atoms with van der Waals surface area (Å²) in [7, 11) is -3.13. The van der Waals surface area contributed by atoms with Crippen LogP contribution in [-0.2, 0) is 42.3 Å². The first-order valence-electron chi connectivity index (χ1n) is 9.73.